The lowest BCUT2D eigenvalue weighted by atomic mass is 10.0. The number of para-hydroxylation sites is 1. The van der Waals surface area contributed by atoms with Gasteiger partial charge in [-0.3, -0.25) is 0 Å². The van der Waals surface area contributed by atoms with Gasteiger partial charge in [0.25, 0.3) is 0 Å². The molecule has 2 N–H and O–H groups in total. The first kappa shape index (κ1) is 14.0. The van der Waals surface area contributed by atoms with Gasteiger partial charge in [-0.15, -0.1) is 0 Å². The molecule has 0 unspecified atom stereocenters. The van der Waals surface area contributed by atoms with Crippen LogP contribution in [0.2, 0.25) is 0 Å². The summed E-state index contributed by atoms with van der Waals surface area (Å²) < 4.78 is 5.82. The van der Waals surface area contributed by atoms with E-state index in [1.54, 1.807) is 0 Å². The van der Waals surface area contributed by atoms with Crippen LogP contribution in [0.25, 0.3) is 0 Å². The van der Waals surface area contributed by atoms with Crippen LogP contribution in [-0.4, -0.2) is 13.2 Å². The molecule has 0 bridgehead atoms. The molecule has 1 heterocycles. The van der Waals surface area contributed by atoms with Gasteiger partial charge in [0.05, 0.1) is 6.54 Å². The number of hydrogen-bond donors (Lipinski definition) is 1. The topological polar surface area (TPSA) is 38.5 Å². The lowest BCUT2D eigenvalue weighted by Gasteiger charge is -2.23. The molecule has 110 valence electrons. The fourth-order valence-electron chi connectivity index (χ4n) is 2.71. The Morgan fingerprint density at radius 3 is 2.67 bits per heavy atom. The monoisotopic (exact) mass is 282 g/mol. The van der Waals surface area contributed by atoms with Crippen LogP contribution in [0.3, 0.4) is 0 Å². The summed E-state index contributed by atoms with van der Waals surface area (Å²) in [6.07, 6.45) is 0.963. The van der Waals surface area contributed by atoms with Crippen LogP contribution in [0.15, 0.2) is 48.5 Å². The van der Waals surface area contributed by atoms with Crippen LogP contribution < -0.4 is 15.4 Å². The summed E-state index contributed by atoms with van der Waals surface area (Å²) in [7, 11) is 0. The minimum Gasteiger partial charge on any atom is -0.491 e. The number of nitrogens with zero attached hydrogens (tertiary/aromatic N) is 1. The zero-order valence-corrected chi connectivity index (χ0v) is 12.5. The maximum Gasteiger partial charge on any atom is 0.124 e. The minimum absolute atomic E-state index is 0.132. The zero-order chi connectivity index (χ0) is 14.7. The Morgan fingerprint density at radius 1 is 1.14 bits per heavy atom. The van der Waals surface area contributed by atoms with Crippen molar-refractivity contribution in [3.63, 3.8) is 0 Å². The number of benzene rings is 2. The Kier molecular flexibility index (Phi) is 4.11. The van der Waals surface area contributed by atoms with Gasteiger partial charge < -0.3 is 15.4 Å². The molecule has 0 radical (unpaired) electrons. The normalized spacial score (nSPS) is 15.8. The summed E-state index contributed by atoms with van der Waals surface area (Å²) in [4.78, 5) is 2.35. The van der Waals surface area contributed by atoms with E-state index in [2.05, 4.69) is 48.2 Å². The standard InChI is InChI=1S/C18H22N2O/c1-2-17(19)14-7-9-16(10-8-14)20-11-12-21-18-6-4-3-5-15(18)13-20/h3-10,17H,2,11-13,19H2,1H3/t17-/m1/s1. The summed E-state index contributed by atoms with van der Waals surface area (Å²) in [6, 6.07) is 17.0. The maximum absolute atomic E-state index is 6.08. The van der Waals surface area contributed by atoms with Crippen molar-refractivity contribution in [3.05, 3.63) is 59.7 Å². The van der Waals surface area contributed by atoms with Gasteiger partial charge in [0.1, 0.15) is 12.4 Å². The molecule has 0 fully saturated rings. The average Bonchev–Trinajstić information content (AvgIpc) is 2.76. The van der Waals surface area contributed by atoms with E-state index < -0.39 is 0 Å². The van der Waals surface area contributed by atoms with Crippen molar-refractivity contribution >= 4 is 5.69 Å². The highest BCUT2D eigenvalue weighted by Gasteiger charge is 2.15. The van der Waals surface area contributed by atoms with Crippen molar-refractivity contribution in [2.45, 2.75) is 25.9 Å². The molecule has 0 saturated carbocycles. The molecule has 1 atom stereocenters. The quantitative estimate of drug-likeness (QED) is 0.936. The predicted molar refractivity (Wildman–Crippen MR) is 86.6 cm³/mol. The Hall–Kier alpha value is -2.00. The smallest absolute Gasteiger partial charge is 0.124 e. The third kappa shape index (κ3) is 3.03. The van der Waals surface area contributed by atoms with E-state index in [1.165, 1.54) is 16.8 Å². The Bertz CT molecular complexity index is 594. The van der Waals surface area contributed by atoms with Crippen molar-refractivity contribution in [3.8, 4) is 5.75 Å². The number of fused-ring (bicyclic) bond motifs is 1. The highest BCUT2D eigenvalue weighted by molar-refractivity contribution is 5.50. The van der Waals surface area contributed by atoms with Crippen LogP contribution in [0, 0.1) is 0 Å². The van der Waals surface area contributed by atoms with Crippen molar-refractivity contribution in [1.82, 2.24) is 0 Å². The molecule has 0 amide bonds. The van der Waals surface area contributed by atoms with Crippen LogP contribution >= 0.6 is 0 Å². The molecule has 0 spiro atoms. The highest BCUT2D eigenvalue weighted by atomic mass is 16.5. The van der Waals surface area contributed by atoms with Crippen molar-refractivity contribution in [1.29, 1.82) is 0 Å². The molecular formula is C18H22N2O. The first-order valence-electron chi connectivity index (χ1n) is 7.59. The van der Waals surface area contributed by atoms with E-state index in [0.29, 0.717) is 6.61 Å². The molecule has 3 heteroatoms. The third-order valence-corrected chi connectivity index (χ3v) is 4.08. The zero-order valence-electron chi connectivity index (χ0n) is 12.5. The first-order chi connectivity index (χ1) is 10.3. The molecule has 1 aliphatic heterocycles. The molecule has 0 saturated heterocycles. The van der Waals surface area contributed by atoms with Crippen molar-refractivity contribution in [2.24, 2.45) is 5.73 Å². The summed E-state index contributed by atoms with van der Waals surface area (Å²) in [5, 5.41) is 0. The van der Waals surface area contributed by atoms with Gasteiger partial charge in [-0.25, -0.2) is 0 Å². The van der Waals surface area contributed by atoms with Gasteiger partial charge in [0.15, 0.2) is 0 Å². The first-order valence-corrected chi connectivity index (χ1v) is 7.59. The van der Waals surface area contributed by atoms with Gasteiger partial charge >= 0.3 is 0 Å². The van der Waals surface area contributed by atoms with E-state index in [1.807, 2.05) is 12.1 Å². The fraction of sp³-hybridized carbons (Fsp3) is 0.333. The molecule has 0 aromatic heterocycles. The lowest BCUT2D eigenvalue weighted by molar-refractivity contribution is 0.331. The number of hydrogen-bond acceptors (Lipinski definition) is 3. The second-order valence-corrected chi connectivity index (χ2v) is 5.48. The van der Waals surface area contributed by atoms with Gasteiger partial charge in [0, 0.05) is 23.8 Å². The van der Waals surface area contributed by atoms with Crippen molar-refractivity contribution < 1.29 is 4.74 Å². The Labute approximate surface area is 126 Å². The van der Waals surface area contributed by atoms with Gasteiger partial charge in [0.2, 0.25) is 0 Å². The van der Waals surface area contributed by atoms with E-state index >= 15 is 0 Å². The average molecular weight is 282 g/mol. The molecule has 21 heavy (non-hydrogen) atoms. The molecule has 3 rings (SSSR count). The van der Waals surface area contributed by atoms with E-state index in [9.17, 15) is 0 Å². The van der Waals surface area contributed by atoms with Crippen LogP contribution in [-0.2, 0) is 6.54 Å². The fourth-order valence-corrected chi connectivity index (χ4v) is 2.71. The summed E-state index contributed by atoms with van der Waals surface area (Å²) in [5.41, 5.74) is 9.74. The number of ether oxygens (including phenoxy) is 1. The van der Waals surface area contributed by atoms with Gasteiger partial charge in [-0.1, -0.05) is 37.3 Å². The van der Waals surface area contributed by atoms with Gasteiger partial charge in [-0.05, 0) is 30.2 Å². The SMILES string of the molecule is CC[C@@H](N)c1ccc(N2CCOc3ccccc3C2)cc1. The molecule has 2 aromatic carbocycles. The lowest BCUT2D eigenvalue weighted by Crippen LogP contribution is -2.25. The van der Waals surface area contributed by atoms with Crippen LogP contribution in [0.5, 0.6) is 5.75 Å². The van der Waals surface area contributed by atoms with Crippen LogP contribution in [0.4, 0.5) is 5.69 Å². The second-order valence-electron chi connectivity index (χ2n) is 5.48. The van der Waals surface area contributed by atoms with Gasteiger partial charge in [-0.2, -0.15) is 0 Å². The van der Waals surface area contributed by atoms with E-state index in [0.717, 1.165) is 25.3 Å². The third-order valence-electron chi connectivity index (χ3n) is 4.08. The molecular weight excluding hydrogens is 260 g/mol. The molecule has 1 aliphatic rings. The molecule has 0 aliphatic carbocycles. The maximum atomic E-state index is 6.08. The summed E-state index contributed by atoms with van der Waals surface area (Å²) in [5.74, 6) is 1.00. The minimum atomic E-state index is 0.132. The molecule has 2 aromatic rings. The summed E-state index contributed by atoms with van der Waals surface area (Å²) >= 11 is 0. The number of anilines is 1. The number of nitrogens with two attached hydrogens (primary N) is 1. The summed E-state index contributed by atoms with van der Waals surface area (Å²) in [6.45, 7) is 4.61. The predicted octanol–water partition coefficient (Wildman–Crippen LogP) is 3.50. The number of rotatable bonds is 3. The largest absolute Gasteiger partial charge is 0.491 e. The second kappa shape index (κ2) is 6.19. The Balaban J connectivity index is 1.81. The van der Waals surface area contributed by atoms with Crippen molar-refractivity contribution in [2.75, 3.05) is 18.1 Å². The van der Waals surface area contributed by atoms with Crippen LogP contribution in [0.1, 0.15) is 30.5 Å². The highest BCUT2D eigenvalue weighted by Crippen LogP contribution is 2.27. The Morgan fingerprint density at radius 2 is 1.90 bits per heavy atom. The van der Waals surface area contributed by atoms with E-state index in [-0.39, 0.29) is 6.04 Å². The molecule has 3 nitrogen and oxygen atoms in total. The van der Waals surface area contributed by atoms with E-state index in [4.69, 9.17) is 10.5 Å².